The first-order valence-electron chi connectivity index (χ1n) is 9.71. The maximum Gasteiger partial charge on any atom is 0.136 e. The van der Waals surface area contributed by atoms with Crippen LogP contribution in [0.1, 0.15) is 104 Å². The molecule has 0 unspecified atom stereocenters. The van der Waals surface area contributed by atoms with Crippen LogP contribution in [0.4, 0.5) is 0 Å². The molecule has 0 aliphatic heterocycles. The van der Waals surface area contributed by atoms with Gasteiger partial charge in [-0.05, 0) is 38.0 Å². The monoisotopic (exact) mass is 308 g/mol. The molecule has 0 radical (unpaired) electrons. The van der Waals surface area contributed by atoms with Gasteiger partial charge in [0.1, 0.15) is 11.6 Å². The van der Waals surface area contributed by atoms with Crippen LogP contribution in [-0.4, -0.2) is 11.6 Å². The number of Topliss-reactive ketones (excluding diaryl/α,β-unsaturated/α-hetero) is 2. The largest absolute Gasteiger partial charge is 0.300 e. The number of carbonyl (C=O) groups excluding carboxylic acids is 2. The predicted octanol–water partition coefficient (Wildman–Crippen LogP) is 5.87. The minimum absolute atomic E-state index is 0.255. The van der Waals surface area contributed by atoms with Crippen molar-refractivity contribution in [2.45, 2.75) is 104 Å². The third kappa shape index (κ3) is 8.10. The molecule has 0 atom stereocenters. The van der Waals surface area contributed by atoms with Gasteiger partial charge in [-0.1, -0.05) is 52.4 Å². The number of ketones is 2. The minimum Gasteiger partial charge on any atom is -0.300 e. The van der Waals surface area contributed by atoms with E-state index < -0.39 is 0 Å². The topological polar surface area (TPSA) is 34.1 Å². The van der Waals surface area contributed by atoms with E-state index in [1.165, 1.54) is 38.5 Å². The van der Waals surface area contributed by atoms with Gasteiger partial charge in [-0.2, -0.15) is 0 Å². The van der Waals surface area contributed by atoms with Gasteiger partial charge in [0.2, 0.25) is 0 Å². The summed E-state index contributed by atoms with van der Waals surface area (Å²) in [5.74, 6) is 1.75. The third-order valence-electron chi connectivity index (χ3n) is 5.23. The van der Waals surface area contributed by atoms with E-state index in [9.17, 15) is 9.59 Å². The summed E-state index contributed by atoms with van der Waals surface area (Å²) in [6.45, 7) is 4.39. The predicted molar refractivity (Wildman–Crippen MR) is 93.0 cm³/mol. The Morgan fingerprint density at radius 1 is 0.773 bits per heavy atom. The smallest absolute Gasteiger partial charge is 0.136 e. The van der Waals surface area contributed by atoms with Crippen LogP contribution in [0.25, 0.3) is 0 Å². The number of hydrogen-bond acceptors (Lipinski definition) is 2. The molecule has 0 bridgehead atoms. The van der Waals surface area contributed by atoms with Crippen LogP contribution in [0, 0.1) is 11.8 Å². The highest BCUT2D eigenvalue weighted by atomic mass is 16.1. The van der Waals surface area contributed by atoms with Crippen molar-refractivity contribution in [3.63, 3.8) is 0 Å². The van der Waals surface area contributed by atoms with E-state index in [2.05, 4.69) is 13.8 Å². The summed E-state index contributed by atoms with van der Waals surface area (Å²) >= 11 is 0. The molecule has 0 spiro atoms. The van der Waals surface area contributed by atoms with Crippen molar-refractivity contribution in [3.05, 3.63) is 0 Å². The Kier molecular flexibility index (Phi) is 10.4. The number of rotatable bonds is 12. The molecular formula is C20H36O2. The van der Waals surface area contributed by atoms with E-state index in [1.54, 1.807) is 0 Å². The van der Waals surface area contributed by atoms with Crippen LogP contribution in [0.3, 0.4) is 0 Å². The van der Waals surface area contributed by atoms with E-state index in [-0.39, 0.29) is 11.7 Å². The van der Waals surface area contributed by atoms with Gasteiger partial charge in [0, 0.05) is 25.2 Å². The van der Waals surface area contributed by atoms with Crippen molar-refractivity contribution in [2.24, 2.45) is 11.8 Å². The van der Waals surface area contributed by atoms with Crippen LogP contribution in [-0.2, 0) is 9.59 Å². The van der Waals surface area contributed by atoms with Gasteiger partial charge in [0.25, 0.3) is 0 Å². The second kappa shape index (κ2) is 11.8. The highest BCUT2D eigenvalue weighted by Gasteiger charge is 2.25. The van der Waals surface area contributed by atoms with Crippen LogP contribution in [0.2, 0.25) is 0 Å². The van der Waals surface area contributed by atoms with Crippen molar-refractivity contribution in [1.82, 2.24) is 0 Å². The summed E-state index contributed by atoms with van der Waals surface area (Å²) in [5.41, 5.74) is 0. The molecule has 0 saturated heterocycles. The molecule has 0 amide bonds. The van der Waals surface area contributed by atoms with E-state index in [0.717, 1.165) is 38.0 Å². The van der Waals surface area contributed by atoms with Crippen molar-refractivity contribution in [2.75, 3.05) is 0 Å². The molecule has 0 aromatic carbocycles. The lowest BCUT2D eigenvalue weighted by Crippen LogP contribution is -2.22. The third-order valence-corrected chi connectivity index (χ3v) is 5.23. The van der Waals surface area contributed by atoms with Gasteiger partial charge >= 0.3 is 0 Å². The number of hydrogen-bond donors (Lipinski definition) is 0. The number of carbonyl (C=O) groups is 2. The molecule has 1 aliphatic rings. The lowest BCUT2D eigenvalue weighted by Gasteiger charge is -2.27. The Hall–Kier alpha value is -0.660. The van der Waals surface area contributed by atoms with Crippen LogP contribution >= 0.6 is 0 Å². The summed E-state index contributed by atoms with van der Waals surface area (Å²) in [5, 5.41) is 0. The molecule has 1 saturated carbocycles. The first-order chi connectivity index (χ1) is 10.7. The molecule has 0 aromatic rings. The zero-order chi connectivity index (χ0) is 16.2. The van der Waals surface area contributed by atoms with Crippen LogP contribution in [0.5, 0.6) is 0 Å². The first kappa shape index (κ1) is 19.4. The van der Waals surface area contributed by atoms with Gasteiger partial charge in [0.05, 0.1) is 0 Å². The average Bonchev–Trinajstić information content (AvgIpc) is 2.54. The van der Waals surface area contributed by atoms with Gasteiger partial charge in [-0.3, -0.25) is 9.59 Å². The van der Waals surface area contributed by atoms with Crippen LogP contribution in [0.15, 0.2) is 0 Å². The maximum absolute atomic E-state index is 12.2. The van der Waals surface area contributed by atoms with Crippen molar-refractivity contribution >= 4 is 11.6 Å². The second-order valence-electron chi connectivity index (χ2n) is 7.18. The molecule has 0 heterocycles. The van der Waals surface area contributed by atoms with Crippen molar-refractivity contribution in [3.8, 4) is 0 Å². The highest BCUT2D eigenvalue weighted by molar-refractivity contribution is 5.87. The standard InChI is InChI=1S/C20H36O2/c1-3-5-7-9-17-11-13-18(14-12-17)20(22)16-15-19(21)10-8-6-4-2/h17-18H,3-16H2,1-2H3. The molecule has 1 aliphatic carbocycles. The molecule has 2 heteroatoms. The van der Waals surface area contributed by atoms with Gasteiger partial charge < -0.3 is 0 Å². The molecule has 0 aromatic heterocycles. The molecule has 1 fully saturated rings. The van der Waals surface area contributed by atoms with E-state index in [4.69, 9.17) is 0 Å². The number of unbranched alkanes of at least 4 members (excludes halogenated alkanes) is 4. The Morgan fingerprint density at radius 2 is 1.41 bits per heavy atom. The fourth-order valence-electron chi connectivity index (χ4n) is 3.62. The Morgan fingerprint density at radius 3 is 2.05 bits per heavy atom. The Bertz CT molecular complexity index is 314. The SMILES string of the molecule is CCCCCC(=O)CCC(=O)C1CCC(CCCCC)CC1. The zero-order valence-corrected chi connectivity index (χ0v) is 14.9. The quantitative estimate of drug-likeness (QED) is 0.422. The van der Waals surface area contributed by atoms with Gasteiger partial charge in [0.15, 0.2) is 0 Å². The van der Waals surface area contributed by atoms with E-state index >= 15 is 0 Å². The lowest BCUT2D eigenvalue weighted by molar-refractivity contribution is -0.127. The maximum atomic E-state index is 12.2. The van der Waals surface area contributed by atoms with Gasteiger partial charge in [-0.15, -0.1) is 0 Å². The Balaban J connectivity index is 2.13. The van der Waals surface area contributed by atoms with Gasteiger partial charge in [-0.25, -0.2) is 0 Å². The molecule has 22 heavy (non-hydrogen) atoms. The second-order valence-corrected chi connectivity index (χ2v) is 7.18. The van der Waals surface area contributed by atoms with Crippen molar-refractivity contribution in [1.29, 1.82) is 0 Å². The molecule has 1 rings (SSSR count). The summed E-state index contributed by atoms with van der Waals surface area (Å²) in [6.07, 6.45) is 14.9. The fourth-order valence-corrected chi connectivity index (χ4v) is 3.62. The van der Waals surface area contributed by atoms with E-state index in [0.29, 0.717) is 25.0 Å². The molecule has 2 nitrogen and oxygen atoms in total. The molecular weight excluding hydrogens is 272 g/mol. The summed E-state index contributed by atoms with van der Waals surface area (Å²) < 4.78 is 0. The fraction of sp³-hybridized carbons (Fsp3) is 0.900. The summed E-state index contributed by atoms with van der Waals surface area (Å²) in [7, 11) is 0. The summed E-state index contributed by atoms with van der Waals surface area (Å²) in [4.78, 5) is 24.0. The van der Waals surface area contributed by atoms with E-state index in [1.807, 2.05) is 0 Å². The normalized spacial score (nSPS) is 21.7. The zero-order valence-electron chi connectivity index (χ0n) is 14.9. The summed E-state index contributed by atoms with van der Waals surface area (Å²) in [6, 6.07) is 0. The Labute approximate surface area is 137 Å². The lowest BCUT2D eigenvalue weighted by atomic mass is 9.77. The first-order valence-corrected chi connectivity index (χ1v) is 9.71. The van der Waals surface area contributed by atoms with Crippen LogP contribution < -0.4 is 0 Å². The average molecular weight is 309 g/mol. The molecule has 0 N–H and O–H groups in total. The van der Waals surface area contributed by atoms with Crippen molar-refractivity contribution < 1.29 is 9.59 Å². The minimum atomic E-state index is 0.255. The molecule has 128 valence electrons. The highest BCUT2D eigenvalue weighted by Crippen LogP contribution is 2.33.